The molecule has 0 rings (SSSR count). The topological polar surface area (TPSA) is 12.4 Å². The van der Waals surface area contributed by atoms with E-state index in [0.717, 1.165) is 12.3 Å². The Balaban J connectivity index is 2.80. The average Bonchev–Trinajstić information content (AvgIpc) is 1.81. The lowest BCUT2D eigenvalue weighted by atomic mass is 10.7. The van der Waals surface area contributed by atoms with Crippen molar-refractivity contribution in [2.45, 2.75) is 13.8 Å². The van der Waals surface area contributed by atoms with E-state index >= 15 is 0 Å². The van der Waals surface area contributed by atoms with Gasteiger partial charge in [-0.15, -0.1) is 0 Å². The van der Waals surface area contributed by atoms with Crippen LogP contribution < -0.4 is 0 Å². The third-order valence-electron chi connectivity index (χ3n) is 0.708. The zero-order valence-electron chi connectivity index (χ0n) is 5.55. The number of hydrogen-bond donors (Lipinski definition) is 0. The maximum Gasteiger partial charge on any atom is 0.0357 e. The van der Waals surface area contributed by atoms with Gasteiger partial charge in [0.2, 0.25) is 0 Å². The molecule has 0 heterocycles. The van der Waals surface area contributed by atoms with Gasteiger partial charge in [0.25, 0.3) is 0 Å². The summed E-state index contributed by atoms with van der Waals surface area (Å²) in [5.74, 6) is 2.26. The lowest BCUT2D eigenvalue weighted by molar-refractivity contribution is 1.14. The van der Waals surface area contributed by atoms with Crippen molar-refractivity contribution in [1.82, 2.24) is 0 Å². The van der Waals surface area contributed by atoms with Gasteiger partial charge in [-0.1, -0.05) is 6.92 Å². The molecular weight excluding hydrogens is 118 g/mol. The van der Waals surface area contributed by atoms with Crippen LogP contribution in [0, 0.1) is 0 Å². The Labute approximate surface area is 55.6 Å². The Hall–Kier alpha value is 0.0200. The fraction of sp³-hybridized carbons (Fsp3) is 0.833. The Kier molecular flexibility index (Phi) is 7.04. The Bertz CT molecular complexity index is 61.5. The molecule has 0 bridgehead atoms. The van der Waals surface area contributed by atoms with Gasteiger partial charge in [-0.25, -0.2) is 0 Å². The molecule has 0 saturated carbocycles. The van der Waals surface area contributed by atoms with Gasteiger partial charge in [-0.05, 0) is 12.7 Å². The summed E-state index contributed by atoms with van der Waals surface area (Å²) in [5.41, 5.74) is 0. The SMILES string of the molecule is CCN=CCSCC. The number of aliphatic imine (C=N–C) groups is 1. The lowest BCUT2D eigenvalue weighted by Crippen LogP contribution is -1.80. The largest absolute Gasteiger partial charge is 0.297 e. The van der Waals surface area contributed by atoms with Crippen molar-refractivity contribution in [3.05, 3.63) is 0 Å². The molecular formula is C6H13NS. The van der Waals surface area contributed by atoms with Crippen molar-refractivity contribution in [2.75, 3.05) is 18.1 Å². The van der Waals surface area contributed by atoms with E-state index in [1.807, 2.05) is 24.9 Å². The van der Waals surface area contributed by atoms with Crippen LogP contribution in [0.25, 0.3) is 0 Å². The summed E-state index contributed by atoms with van der Waals surface area (Å²) in [5, 5.41) is 0. The van der Waals surface area contributed by atoms with Crippen molar-refractivity contribution < 1.29 is 0 Å². The summed E-state index contributed by atoms with van der Waals surface area (Å²) < 4.78 is 0. The third kappa shape index (κ3) is 6.02. The van der Waals surface area contributed by atoms with Crippen molar-refractivity contribution in [3.63, 3.8) is 0 Å². The monoisotopic (exact) mass is 131 g/mol. The van der Waals surface area contributed by atoms with Crippen LogP contribution in [-0.2, 0) is 0 Å². The van der Waals surface area contributed by atoms with E-state index in [9.17, 15) is 0 Å². The van der Waals surface area contributed by atoms with Gasteiger partial charge in [-0.2, -0.15) is 11.8 Å². The molecule has 0 atom stereocenters. The smallest absolute Gasteiger partial charge is 0.0357 e. The van der Waals surface area contributed by atoms with Crippen molar-refractivity contribution >= 4 is 18.0 Å². The summed E-state index contributed by atoms with van der Waals surface area (Å²) in [6.45, 7) is 5.13. The standard InChI is InChI=1S/C6H13NS/c1-3-7-5-6-8-4-2/h5H,3-4,6H2,1-2H3. The zero-order valence-corrected chi connectivity index (χ0v) is 6.37. The van der Waals surface area contributed by atoms with E-state index in [-0.39, 0.29) is 0 Å². The average molecular weight is 131 g/mol. The fourth-order valence-electron chi connectivity index (χ4n) is 0.352. The highest BCUT2D eigenvalue weighted by Crippen LogP contribution is 1.93. The first-order valence-electron chi connectivity index (χ1n) is 2.97. The fourth-order valence-corrected chi connectivity index (χ4v) is 0.799. The highest BCUT2D eigenvalue weighted by molar-refractivity contribution is 7.99. The van der Waals surface area contributed by atoms with Crippen LogP contribution in [0.2, 0.25) is 0 Å². The minimum atomic E-state index is 0.921. The van der Waals surface area contributed by atoms with Gasteiger partial charge in [0, 0.05) is 18.5 Å². The van der Waals surface area contributed by atoms with E-state index in [4.69, 9.17) is 0 Å². The molecule has 8 heavy (non-hydrogen) atoms. The normalized spacial score (nSPS) is 10.8. The number of hydrogen-bond acceptors (Lipinski definition) is 2. The quantitative estimate of drug-likeness (QED) is 0.419. The molecule has 0 saturated heterocycles. The summed E-state index contributed by atoms with van der Waals surface area (Å²) in [4.78, 5) is 4.06. The minimum Gasteiger partial charge on any atom is -0.297 e. The summed E-state index contributed by atoms with van der Waals surface area (Å²) in [7, 11) is 0. The zero-order chi connectivity index (χ0) is 6.24. The second kappa shape index (κ2) is 7.02. The maximum atomic E-state index is 4.06. The molecule has 0 radical (unpaired) electrons. The van der Waals surface area contributed by atoms with Gasteiger partial charge in [0.1, 0.15) is 0 Å². The second-order valence-corrected chi connectivity index (χ2v) is 2.66. The van der Waals surface area contributed by atoms with Gasteiger partial charge in [-0.3, -0.25) is 4.99 Å². The van der Waals surface area contributed by atoms with Crippen LogP contribution in [0.4, 0.5) is 0 Å². The second-order valence-electron chi connectivity index (χ2n) is 1.34. The van der Waals surface area contributed by atoms with Crippen LogP contribution in [0.15, 0.2) is 4.99 Å². The first-order valence-corrected chi connectivity index (χ1v) is 4.13. The molecule has 48 valence electrons. The van der Waals surface area contributed by atoms with Crippen LogP contribution in [0.5, 0.6) is 0 Å². The van der Waals surface area contributed by atoms with Gasteiger partial charge in [0.15, 0.2) is 0 Å². The Morgan fingerprint density at radius 3 is 2.75 bits per heavy atom. The van der Waals surface area contributed by atoms with Crippen LogP contribution in [0.3, 0.4) is 0 Å². The molecule has 0 spiro atoms. The molecule has 0 aromatic heterocycles. The molecule has 1 nitrogen and oxygen atoms in total. The molecule has 0 aliphatic rings. The van der Waals surface area contributed by atoms with Crippen molar-refractivity contribution in [3.8, 4) is 0 Å². The third-order valence-corrected chi connectivity index (χ3v) is 1.50. The Morgan fingerprint density at radius 2 is 2.25 bits per heavy atom. The van der Waals surface area contributed by atoms with Crippen LogP contribution in [-0.4, -0.2) is 24.3 Å². The first kappa shape index (κ1) is 8.02. The molecule has 0 aromatic carbocycles. The van der Waals surface area contributed by atoms with Gasteiger partial charge in [0.05, 0.1) is 0 Å². The predicted molar refractivity (Wildman–Crippen MR) is 42.0 cm³/mol. The molecule has 0 aliphatic heterocycles. The number of rotatable bonds is 4. The van der Waals surface area contributed by atoms with Crippen LogP contribution in [0.1, 0.15) is 13.8 Å². The van der Waals surface area contributed by atoms with E-state index in [1.165, 1.54) is 5.75 Å². The first-order chi connectivity index (χ1) is 3.91. The highest BCUT2D eigenvalue weighted by atomic mass is 32.2. The highest BCUT2D eigenvalue weighted by Gasteiger charge is 1.74. The Morgan fingerprint density at radius 1 is 1.50 bits per heavy atom. The molecule has 0 unspecified atom stereocenters. The van der Waals surface area contributed by atoms with E-state index in [1.54, 1.807) is 0 Å². The van der Waals surface area contributed by atoms with Gasteiger partial charge >= 0.3 is 0 Å². The molecule has 0 amide bonds. The summed E-state index contributed by atoms with van der Waals surface area (Å²) in [6.07, 6.45) is 1.98. The predicted octanol–water partition coefficient (Wildman–Crippen LogP) is 1.83. The number of nitrogens with zero attached hydrogens (tertiary/aromatic N) is 1. The molecule has 0 aliphatic carbocycles. The van der Waals surface area contributed by atoms with Crippen LogP contribution >= 0.6 is 11.8 Å². The maximum absolute atomic E-state index is 4.06. The van der Waals surface area contributed by atoms with Crippen molar-refractivity contribution in [2.24, 2.45) is 4.99 Å². The summed E-state index contributed by atoms with van der Waals surface area (Å²) >= 11 is 1.90. The molecule has 0 N–H and O–H groups in total. The lowest BCUT2D eigenvalue weighted by Gasteiger charge is -1.85. The molecule has 0 fully saturated rings. The van der Waals surface area contributed by atoms with E-state index < -0.39 is 0 Å². The van der Waals surface area contributed by atoms with E-state index in [0.29, 0.717) is 0 Å². The van der Waals surface area contributed by atoms with Crippen molar-refractivity contribution in [1.29, 1.82) is 0 Å². The minimum absolute atomic E-state index is 0.921. The van der Waals surface area contributed by atoms with E-state index in [2.05, 4.69) is 11.9 Å². The molecule has 0 aromatic rings. The molecule has 2 heteroatoms. The van der Waals surface area contributed by atoms with Gasteiger partial charge < -0.3 is 0 Å². The number of thioether (sulfide) groups is 1. The summed E-state index contributed by atoms with van der Waals surface area (Å²) in [6, 6.07) is 0.